The maximum atomic E-state index is 5.86. The minimum Gasteiger partial charge on any atom is -0.497 e. The smallest absolute Gasteiger partial charge is 0.134 e. The van der Waals surface area contributed by atoms with Gasteiger partial charge in [-0.2, -0.15) is 0 Å². The normalized spacial score (nSPS) is 12.6. The van der Waals surface area contributed by atoms with Crippen LogP contribution in [0.4, 0.5) is 0 Å². The zero-order valence-corrected chi connectivity index (χ0v) is 13.1. The van der Waals surface area contributed by atoms with Crippen molar-refractivity contribution in [3.63, 3.8) is 0 Å². The second-order valence-corrected chi connectivity index (χ2v) is 5.63. The van der Waals surface area contributed by atoms with Crippen LogP contribution in [-0.4, -0.2) is 26.3 Å². The Balaban J connectivity index is 2.46. The molecule has 102 valence electrons. The number of hydrogen-bond donors (Lipinski definition) is 1. The number of hydrogen-bond acceptors (Lipinski definition) is 3. The number of ether oxygens (including phenoxy) is 2. The van der Waals surface area contributed by atoms with Gasteiger partial charge >= 0.3 is 0 Å². The van der Waals surface area contributed by atoms with Gasteiger partial charge in [0, 0.05) is 6.54 Å². The monoisotopic (exact) mass is 315 g/mol. The average molecular weight is 316 g/mol. The van der Waals surface area contributed by atoms with E-state index in [9.17, 15) is 0 Å². The van der Waals surface area contributed by atoms with E-state index in [1.54, 1.807) is 7.11 Å². The fourth-order valence-electron chi connectivity index (χ4n) is 1.54. The highest BCUT2D eigenvalue weighted by Crippen LogP contribution is 2.29. The van der Waals surface area contributed by atoms with Crippen LogP contribution in [-0.2, 0) is 0 Å². The predicted molar refractivity (Wildman–Crippen MR) is 78.5 cm³/mol. The first-order valence-corrected chi connectivity index (χ1v) is 7.03. The molecule has 0 aliphatic carbocycles. The van der Waals surface area contributed by atoms with E-state index >= 15 is 0 Å². The summed E-state index contributed by atoms with van der Waals surface area (Å²) in [5.74, 6) is 2.32. The summed E-state index contributed by atoms with van der Waals surface area (Å²) in [5.41, 5.74) is 0. The molecule has 0 bridgehead atoms. The van der Waals surface area contributed by atoms with Crippen LogP contribution in [0.1, 0.15) is 20.8 Å². The molecule has 3 nitrogen and oxygen atoms in total. The van der Waals surface area contributed by atoms with Crippen molar-refractivity contribution in [1.29, 1.82) is 0 Å². The lowest BCUT2D eigenvalue weighted by Gasteiger charge is -2.17. The molecule has 0 radical (unpaired) electrons. The molecule has 1 aromatic carbocycles. The van der Waals surface area contributed by atoms with Gasteiger partial charge in [-0.25, -0.2) is 0 Å². The van der Waals surface area contributed by atoms with Crippen LogP contribution in [0.5, 0.6) is 11.5 Å². The van der Waals surface area contributed by atoms with Gasteiger partial charge in [0.1, 0.15) is 17.6 Å². The second kappa shape index (κ2) is 7.64. The van der Waals surface area contributed by atoms with E-state index in [1.165, 1.54) is 0 Å². The molecular weight excluding hydrogens is 294 g/mol. The van der Waals surface area contributed by atoms with E-state index in [1.807, 2.05) is 18.2 Å². The SMILES string of the molecule is COc1ccc(OC(C)CNCC(C)C)c(Br)c1. The summed E-state index contributed by atoms with van der Waals surface area (Å²) in [6.07, 6.45) is 0.133. The topological polar surface area (TPSA) is 30.5 Å². The highest BCUT2D eigenvalue weighted by Gasteiger charge is 2.08. The Labute approximate surface area is 118 Å². The number of benzene rings is 1. The van der Waals surface area contributed by atoms with E-state index in [-0.39, 0.29) is 6.10 Å². The lowest BCUT2D eigenvalue weighted by molar-refractivity contribution is 0.214. The molecule has 0 spiro atoms. The van der Waals surface area contributed by atoms with Crippen molar-refractivity contribution in [2.24, 2.45) is 5.92 Å². The molecule has 0 heterocycles. The van der Waals surface area contributed by atoms with Crippen molar-refractivity contribution in [1.82, 2.24) is 5.32 Å². The molecule has 4 heteroatoms. The van der Waals surface area contributed by atoms with E-state index in [2.05, 4.69) is 42.0 Å². The van der Waals surface area contributed by atoms with Gasteiger partial charge in [-0.3, -0.25) is 0 Å². The van der Waals surface area contributed by atoms with Crippen LogP contribution in [0, 0.1) is 5.92 Å². The largest absolute Gasteiger partial charge is 0.497 e. The number of rotatable bonds is 7. The summed E-state index contributed by atoms with van der Waals surface area (Å²) in [4.78, 5) is 0. The zero-order chi connectivity index (χ0) is 13.5. The van der Waals surface area contributed by atoms with Gasteiger partial charge in [-0.15, -0.1) is 0 Å². The Morgan fingerprint density at radius 3 is 2.50 bits per heavy atom. The molecule has 0 saturated heterocycles. The van der Waals surface area contributed by atoms with E-state index in [0.29, 0.717) is 5.92 Å². The van der Waals surface area contributed by atoms with Crippen molar-refractivity contribution < 1.29 is 9.47 Å². The Hall–Kier alpha value is -0.740. The molecule has 0 saturated carbocycles. The molecule has 0 aromatic heterocycles. The maximum absolute atomic E-state index is 5.86. The lowest BCUT2D eigenvalue weighted by atomic mass is 10.2. The summed E-state index contributed by atoms with van der Waals surface area (Å²) in [6.45, 7) is 8.30. The van der Waals surface area contributed by atoms with Crippen LogP contribution in [0.2, 0.25) is 0 Å². The quantitative estimate of drug-likeness (QED) is 0.835. The van der Waals surface area contributed by atoms with Gasteiger partial charge in [0.15, 0.2) is 0 Å². The van der Waals surface area contributed by atoms with Crippen LogP contribution >= 0.6 is 15.9 Å². The van der Waals surface area contributed by atoms with Crippen LogP contribution in [0.15, 0.2) is 22.7 Å². The number of nitrogens with one attached hydrogen (secondary N) is 1. The predicted octanol–water partition coefficient (Wildman–Crippen LogP) is 3.47. The molecular formula is C14H22BrNO2. The molecule has 1 atom stereocenters. The van der Waals surface area contributed by atoms with E-state index in [0.717, 1.165) is 29.1 Å². The summed E-state index contributed by atoms with van der Waals surface area (Å²) >= 11 is 3.48. The average Bonchev–Trinajstić information content (AvgIpc) is 2.31. The van der Waals surface area contributed by atoms with E-state index < -0.39 is 0 Å². The Bertz CT molecular complexity index is 369. The van der Waals surface area contributed by atoms with Crippen molar-refractivity contribution in [3.8, 4) is 11.5 Å². The van der Waals surface area contributed by atoms with Gasteiger partial charge in [0.05, 0.1) is 11.6 Å². The fraction of sp³-hybridized carbons (Fsp3) is 0.571. The molecule has 18 heavy (non-hydrogen) atoms. The second-order valence-electron chi connectivity index (χ2n) is 4.78. The zero-order valence-electron chi connectivity index (χ0n) is 11.5. The minimum absolute atomic E-state index is 0.133. The number of halogens is 1. The van der Waals surface area contributed by atoms with Crippen molar-refractivity contribution in [3.05, 3.63) is 22.7 Å². The van der Waals surface area contributed by atoms with Gasteiger partial charge in [0.2, 0.25) is 0 Å². The highest BCUT2D eigenvalue weighted by molar-refractivity contribution is 9.10. The van der Waals surface area contributed by atoms with E-state index in [4.69, 9.17) is 9.47 Å². The molecule has 0 aliphatic rings. The van der Waals surface area contributed by atoms with Crippen LogP contribution in [0.25, 0.3) is 0 Å². The number of methoxy groups -OCH3 is 1. The lowest BCUT2D eigenvalue weighted by Crippen LogP contribution is -2.31. The van der Waals surface area contributed by atoms with Gasteiger partial charge < -0.3 is 14.8 Å². The molecule has 0 aliphatic heterocycles. The summed E-state index contributed by atoms with van der Waals surface area (Å²) < 4.78 is 11.9. The molecule has 1 unspecified atom stereocenters. The van der Waals surface area contributed by atoms with Crippen LogP contribution in [0.3, 0.4) is 0 Å². The fourth-order valence-corrected chi connectivity index (χ4v) is 1.99. The highest BCUT2D eigenvalue weighted by atomic mass is 79.9. The first-order chi connectivity index (χ1) is 8.52. The third kappa shape index (κ3) is 5.27. The minimum atomic E-state index is 0.133. The third-order valence-electron chi connectivity index (χ3n) is 2.45. The van der Waals surface area contributed by atoms with Crippen molar-refractivity contribution in [2.45, 2.75) is 26.9 Å². The maximum Gasteiger partial charge on any atom is 0.134 e. The summed E-state index contributed by atoms with van der Waals surface area (Å²) in [7, 11) is 1.65. The van der Waals surface area contributed by atoms with Gasteiger partial charge in [-0.05, 0) is 53.5 Å². The molecule has 0 fully saturated rings. The van der Waals surface area contributed by atoms with Gasteiger partial charge in [0.25, 0.3) is 0 Å². The van der Waals surface area contributed by atoms with Gasteiger partial charge in [-0.1, -0.05) is 13.8 Å². The Kier molecular flexibility index (Phi) is 6.50. The standard InChI is InChI=1S/C14H22BrNO2/c1-10(2)8-16-9-11(3)18-14-6-5-12(17-4)7-13(14)15/h5-7,10-11,16H,8-9H2,1-4H3. The third-order valence-corrected chi connectivity index (χ3v) is 3.07. The Morgan fingerprint density at radius 1 is 1.22 bits per heavy atom. The molecule has 1 rings (SSSR count). The van der Waals surface area contributed by atoms with Crippen molar-refractivity contribution in [2.75, 3.05) is 20.2 Å². The first kappa shape index (κ1) is 15.3. The summed E-state index contributed by atoms with van der Waals surface area (Å²) in [5, 5.41) is 3.38. The molecule has 0 amide bonds. The van der Waals surface area contributed by atoms with Crippen LogP contribution < -0.4 is 14.8 Å². The molecule has 1 aromatic rings. The summed E-state index contributed by atoms with van der Waals surface area (Å²) in [6, 6.07) is 5.72. The molecule has 1 N–H and O–H groups in total. The Morgan fingerprint density at radius 2 is 1.94 bits per heavy atom. The first-order valence-electron chi connectivity index (χ1n) is 6.23. The van der Waals surface area contributed by atoms with Crippen molar-refractivity contribution >= 4 is 15.9 Å².